The zero-order valence-electron chi connectivity index (χ0n) is 13.3. The molecule has 0 amide bonds. The molecule has 11 heteroatoms. The van der Waals surface area contributed by atoms with Gasteiger partial charge in [0, 0.05) is 19.1 Å². The number of rotatable bonds is 5. The van der Waals surface area contributed by atoms with Crippen LogP contribution in [-0.2, 0) is 20.0 Å². The van der Waals surface area contributed by atoms with Crippen molar-refractivity contribution in [3.63, 3.8) is 0 Å². The molecule has 0 saturated carbocycles. The minimum Gasteiger partial charge on any atom is -0.317 e. The average Bonchev–Trinajstić information content (AvgIpc) is 2.48. The molecule has 1 saturated heterocycles. The lowest BCUT2D eigenvalue weighted by atomic mass is 10.1. The van der Waals surface area contributed by atoms with E-state index < -0.39 is 25.9 Å². The zero-order chi connectivity index (χ0) is 17.3. The van der Waals surface area contributed by atoms with Gasteiger partial charge in [-0.1, -0.05) is 0 Å². The lowest BCUT2D eigenvalue weighted by molar-refractivity contribution is 0.298. The molecule has 0 atom stereocenters. The summed E-state index contributed by atoms with van der Waals surface area (Å²) in [7, 11) is -5.59. The first-order valence-electron chi connectivity index (χ1n) is 7.08. The summed E-state index contributed by atoms with van der Waals surface area (Å²) in [5.41, 5.74) is -0.277. The Bertz CT molecular complexity index is 778. The van der Waals surface area contributed by atoms with Crippen LogP contribution in [0.1, 0.15) is 12.8 Å². The molecule has 1 aliphatic heterocycles. The van der Waals surface area contributed by atoms with Crippen LogP contribution in [0.3, 0.4) is 0 Å². The van der Waals surface area contributed by atoms with Gasteiger partial charge in [0.25, 0.3) is 0 Å². The highest BCUT2D eigenvalue weighted by Gasteiger charge is 2.29. The van der Waals surface area contributed by atoms with E-state index in [1.54, 1.807) is 0 Å². The second-order valence-electron chi connectivity index (χ2n) is 5.48. The maximum atomic E-state index is 14.0. The minimum atomic E-state index is -3.79. The molecule has 1 aromatic carbocycles. The molecular weight excluding hydrogens is 381 g/mol. The summed E-state index contributed by atoms with van der Waals surface area (Å²) in [6.45, 7) is 0.720. The lowest BCUT2D eigenvalue weighted by Crippen LogP contribution is -2.43. The van der Waals surface area contributed by atoms with Gasteiger partial charge in [0.05, 0.1) is 16.8 Å². The number of anilines is 1. The van der Waals surface area contributed by atoms with Crippen molar-refractivity contribution in [3.8, 4) is 0 Å². The highest BCUT2D eigenvalue weighted by molar-refractivity contribution is 7.92. The van der Waals surface area contributed by atoms with Crippen LogP contribution in [-0.4, -0.2) is 53.6 Å². The van der Waals surface area contributed by atoms with Gasteiger partial charge in [0.2, 0.25) is 20.0 Å². The zero-order valence-corrected chi connectivity index (χ0v) is 15.8. The van der Waals surface area contributed by atoms with Gasteiger partial charge in [-0.05, 0) is 38.1 Å². The van der Waals surface area contributed by atoms with Gasteiger partial charge in [0.1, 0.15) is 5.82 Å². The molecule has 24 heavy (non-hydrogen) atoms. The van der Waals surface area contributed by atoms with Crippen molar-refractivity contribution in [2.45, 2.75) is 23.8 Å². The van der Waals surface area contributed by atoms with E-state index in [0.717, 1.165) is 18.4 Å². The Morgan fingerprint density at radius 3 is 2.21 bits per heavy atom. The van der Waals surface area contributed by atoms with Gasteiger partial charge in [-0.15, -0.1) is 12.4 Å². The van der Waals surface area contributed by atoms with E-state index in [2.05, 4.69) is 5.32 Å². The Morgan fingerprint density at radius 2 is 1.75 bits per heavy atom. The highest BCUT2D eigenvalue weighted by Crippen LogP contribution is 2.24. The quantitative estimate of drug-likeness (QED) is 0.767. The van der Waals surface area contributed by atoms with Crippen LogP contribution >= 0.6 is 12.4 Å². The van der Waals surface area contributed by atoms with Crippen molar-refractivity contribution < 1.29 is 21.2 Å². The molecule has 1 fully saturated rings. The number of hydrogen-bond acceptors (Lipinski definition) is 5. The van der Waals surface area contributed by atoms with Crippen LogP contribution in [0, 0.1) is 5.82 Å². The maximum absolute atomic E-state index is 14.0. The fraction of sp³-hybridized carbons (Fsp3) is 0.538. The van der Waals surface area contributed by atoms with Crippen LogP contribution < -0.4 is 10.0 Å². The Morgan fingerprint density at radius 1 is 1.17 bits per heavy atom. The summed E-state index contributed by atoms with van der Waals surface area (Å²) in [5, 5.41) is 3.11. The van der Waals surface area contributed by atoms with E-state index in [1.165, 1.54) is 10.4 Å². The Balaban J connectivity index is 0.00000288. The number of piperidine rings is 1. The molecule has 0 spiro atoms. The summed E-state index contributed by atoms with van der Waals surface area (Å²) in [6, 6.07) is 3.44. The third-order valence-corrected chi connectivity index (χ3v) is 6.22. The van der Waals surface area contributed by atoms with Crippen LogP contribution in [0.15, 0.2) is 23.1 Å². The smallest absolute Gasteiger partial charge is 0.243 e. The first-order valence-corrected chi connectivity index (χ1v) is 10.4. The molecule has 0 aliphatic carbocycles. The number of nitrogens with one attached hydrogen (secondary N) is 2. The van der Waals surface area contributed by atoms with Gasteiger partial charge >= 0.3 is 0 Å². The molecule has 2 rings (SSSR count). The number of hydrogen-bond donors (Lipinski definition) is 2. The second kappa shape index (κ2) is 7.96. The van der Waals surface area contributed by atoms with Crippen LogP contribution in [0.2, 0.25) is 0 Å². The number of benzene rings is 1. The first kappa shape index (κ1) is 21.1. The molecule has 0 bridgehead atoms. The molecule has 2 N–H and O–H groups in total. The molecule has 0 unspecified atom stereocenters. The highest BCUT2D eigenvalue weighted by atomic mass is 35.5. The molecular formula is C13H21ClFN3O4S2. The molecule has 0 aromatic heterocycles. The van der Waals surface area contributed by atoms with Gasteiger partial charge in [0.15, 0.2) is 0 Å². The van der Waals surface area contributed by atoms with E-state index in [-0.39, 0.29) is 29.0 Å². The van der Waals surface area contributed by atoms with Gasteiger partial charge in [-0.25, -0.2) is 21.2 Å². The molecule has 1 heterocycles. The third kappa shape index (κ3) is 5.03. The fourth-order valence-corrected chi connectivity index (χ4v) is 4.52. The van der Waals surface area contributed by atoms with E-state index in [0.29, 0.717) is 25.9 Å². The molecule has 138 valence electrons. The van der Waals surface area contributed by atoms with Crippen molar-refractivity contribution in [3.05, 3.63) is 24.0 Å². The minimum absolute atomic E-state index is 0. The monoisotopic (exact) mass is 401 g/mol. The number of sulfonamides is 2. The molecule has 1 aliphatic rings. The fourth-order valence-electron chi connectivity index (χ4n) is 2.47. The second-order valence-corrected chi connectivity index (χ2v) is 9.17. The lowest BCUT2D eigenvalue weighted by Gasteiger charge is -2.31. The Kier molecular flexibility index (Phi) is 7.00. The van der Waals surface area contributed by atoms with E-state index in [9.17, 15) is 21.2 Å². The summed E-state index contributed by atoms with van der Waals surface area (Å²) in [6.07, 6.45) is 2.26. The van der Waals surface area contributed by atoms with Crippen LogP contribution in [0.25, 0.3) is 0 Å². The van der Waals surface area contributed by atoms with Crippen molar-refractivity contribution in [2.75, 3.05) is 31.1 Å². The topological polar surface area (TPSA) is 95.6 Å². The maximum Gasteiger partial charge on any atom is 0.243 e. The predicted molar refractivity (Wildman–Crippen MR) is 93.0 cm³/mol. The number of halogens is 2. The third-order valence-electron chi connectivity index (χ3n) is 3.74. The summed E-state index contributed by atoms with van der Waals surface area (Å²) in [5.74, 6) is -0.929. The summed E-state index contributed by atoms with van der Waals surface area (Å²) in [4.78, 5) is -0.183. The molecule has 7 nitrogen and oxygen atoms in total. The summed E-state index contributed by atoms with van der Waals surface area (Å²) >= 11 is 0. The first-order chi connectivity index (χ1) is 10.6. The SMILES string of the molecule is CNC1CCN(S(=O)(=O)c2ccc(NS(C)(=O)=O)c(F)c2)CC1.Cl. The van der Waals surface area contributed by atoms with Gasteiger partial charge < -0.3 is 5.32 Å². The number of nitrogens with zero attached hydrogens (tertiary/aromatic N) is 1. The standard InChI is InChI=1S/C13H20FN3O4S2.ClH/c1-15-10-5-7-17(8-6-10)23(20,21)11-3-4-13(12(14)9-11)16-22(2,18)19;/h3-4,9-10,15-16H,5-8H2,1-2H3;1H. The molecule has 1 aromatic rings. The average molecular weight is 402 g/mol. The van der Waals surface area contributed by atoms with E-state index >= 15 is 0 Å². The van der Waals surface area contributed by atoms with Crippen molar-refractivity contribution in [1.82, 2.24) is 9.62 Å². The predicted octanol–water partition coefficient (Wildman–Crippen LogP) is 0.992. The van der Waals surface area contributed by atoms with Gasteiger partial charge in [-0.2, -0.15) is 4.31 Å². The van der Waals surface area contributed by atoms with Crippen LogP contribution in [0.4, 0.5) is 10.1 Å². The van der Waals surface area contributed by atoms with Crippen molar-refractivity contribution >= 4 is 38.1 Å². The van der Waals surface area contributed by atoms with Crippen LogP contribution in [0.5, 0.6) is 0 Å². The summed E-state index contributed by atoms with van der Waals surface area (Å²) < 4.78 is 64.6. The Hall–Kier alpha value is -0.940. The van der Waals surface area contributed by atoms with Crippen molar-refractivity contribution in [2.24, 2.45) is 0 Å². The Labute approximate surface area is 148 Å². The van der Waals surface area contributed by atoms with E-state index in [1.807, 2.05) is 11.8 Å². The normalized spacial score (nSPS) is 17.3. The van der Waals surface area contributed by atoms with E-state index in [4.69, 9.17) is 0 Å². The van der Waals surface area contributed by atoms with Crippen molar-refractivity contribution in [1.29, 1.82) is 0 Å². The largest absolute Gasteiger partial charge is 0.317 e. The van der Waals surface area contributed by atoms with Gasteiger partial charge in [-0.3, -0.25) is 4.72 Å². The molecule has 0 radical (unpaired) electrons.